The van der Waals surface area contributed by atoms with Gasteiger partial charge in [0.25, 0.3) is 0 Å². The van der Waals surface area contributed by atoms with E-state index in [0.717, 1.165) is 0 Å². The van der Waals surface area contributed by atoms with E-state index in [0.29, 0.717) is 12.4 Å². The highest BCUT2D eigenvalue weighted by Crippen LogP contribution is 2.17. The number of nitrogens with zero attached hydrogens (tertiary/aromatic N) is 2. The molecule has 6 heteroatoms. The van der Waals surface area contributed by atoms with Gasteiger partial charge in [-0.2, -0.15) is 0 Å². The molecule has 0 unspecified atom stereocenters. The molecule has 0 saturated carbocycles. The van der Waals surface area contributed by atoms with Gasteiger partial charge in [0.05, 0.1) is 0 Å². The van der Waals surface area contributed by atoms with Gasteiger partial charge in [0, 0.05) is 18.0 Å². The van der Waals surface area contributed by atoms with Crippen molar-refractivity contribution in [2.24, 2.45) is 5.41 Å². The molecule has 0 atom stereocenters. The van der Waals surface area contributed by atoms with E-state index in [9.17, 15) is 9.59 Å². The Hall–Kier alpha value is -2.11. The highest BCUT2D eigenvalue weighted by molar-refractivity contribution is 5.94. The van der Waals surface area contributed by atoms with Gasteiger partial charge in [-0.3, -0.25) is 9.59 Å². The van der Waals surface area contributed by atoms with Gasteiger partial charge >= 0.3 is 0 Å². The summed E-state index contributed by atoms with van der Waals surface area (Å²) in [6.45, 7) is 9.29. The molecule has 0 aliphatic heterocycles. The number of aromatic nitrogens is 1. The van der Waals surface area contributed by atoms with Crippen molar-refractivity contribution in [2.45, 2.75) is 20.8 Å². The number of anilines is 1. The number of carbonyl (C=O) groups excluding carboxylic acids is 2. The van der Waals surface area contributed by atoms with Crippen LogP contribution >= 0.6 is 0 Å². The van der Waals surface area contributed by atoms with Gasteiger partial charge in [0.2, 0.25) is 11.8 Å². The molecule has 0 radical (unpaired) electrons. The molecule has 0 bridgehead atoms. The van der Waals surface area contributed by atoms with Crippen LogP contribution in [-0.4, -0.2) is 35.0 Å². The zero-order valence-corrected chi connectivity index (χ0v) is 11.5. The van der Waals surface area contributed by atoms with Crippen molar-refractivity contribution in [1.29, 1.82) is 0 Å². The molecule has 0 aromatic carbocycles. The number of nitrogens with one attached hydrogen (secondary N) is 1. The third kappa shape index (κ3) is 4.57. The van der Waals surface area contributed by atoms with E-state index in [2.05, 4.69) is 21.6 Å². The zero-order valence-electron chi connectivity index (χ0n) is 11.5. The van der Waals surface area contributed by atoms with Crippen LogP contribution in [0, 0.1) is 5.41 Å². The Morgan fingerprint density at radius 2 is 2.21 bits per heavy atom. The third-order valence-corrected chi connectivity index (χ3v) is 2.32. The highest BCUT2D eigenvalue weighted by Gasteiger charge is 2.27. The van der Waals surface area contributed by atoms with E-state index in [1.165, 1.54) is 17.2 Å². The summed E-state index contributed by atoms with van der Waals surface area (Å²) in [5.41, 5.74) is -0.544. The van der Waals surface area contributed by atoms with Crippen LogP contribution in [0.2, 0.25) is 0 Å². The lowest BCUT2D eigenvalue weighted by molar-refractivity contribution is -0.141. The molecule has 0 spiro atoms. The third-order valence-electron chi connectivity index (χ3n) is 2.32. The van der Waals surface area contributed by atoms with E-state index in [4.69, 9.17) is 0 Å². The van der Waals surface area contributed by atoms with Crippen molar-refractivity contribution >= 4 is 17.6 Å². The number of hydrogen-bond acceptors (Lipinski definition) is 4. The molecule has 19 heavy (non-hydrogen) atoms. The standard InChI is InChI=1S/C13H19N3O3/c1-5-7-16(12(18)13(2,3)4)9-11(17)14-10-6-8-19-15-10/h5-6,8H,1,7,9H2,2-4H3,(H,14,15,17). The van der Waals surface area contributed by atoms with Gasteiger partial charge in [0.15, 0.2) is 5.82 Å². The predicted molar refractivity (Wildman–Crippen MR) is 71.4 cm³/mol. The lowest BCUT2D eigenvalue weighted by Crippen LogP contribution is -2.43. The van der Waals surface area contributed by atoms with Crippen molar-refractivity contribution in [3.05, 3.63) is 25.0 Å². The van der Waals surface area contributed by atoms with Crippen LogP contribution in [0.3, 0.4) is 0 Å². The van der Waals surface area contributed by atoms with Gasteiger partial charge in [-0.15, -0.1) is 6.58 Å². The number of carbonyl (C=O) groups is 2. The molecule has 0 aliphatic rings. The van der Waals surface area contributed by atoms with E-state index in [1.54, 1.807) is 26.8 Å². The lowest BCUT2D eigenvalue weighted by Gasteiger charge is -2.27. The van der Waals surface area contributed by atoms with Gasteiger partial charge < -0.3 is 14.7 Å². The summed E-state index contributed by atoms with van der Waals surface area (Å²) >= 11 is 0. The highest BCUT2D eigenvalue weighted by atomic mass is 16.5. The minimum Gasteiger partial charge on any atom is -0.363 e. The SMILES string of the molecule is C=CCN(CC(=O)Nc1ccon1)C(=O)C(C)(C)C. The molecule has 0 aliphatic carbocycles. The second-order valence-electron chi connectivity index (χ2n) is 5.16. The van der Waals surface area contributed by atoms with Gasteiger partial charge in [-0.25, -0.2) is 0 Å². The van der Waals surface area contributed by atoms with Crippen LogP contribution in [-0.2, 0) is 9.59 Å². The second kappa shape index (κ2) is 6.17. The summed E-state index contributed by atoms with van der Waals surface area (Å²) in [5, 5.41) is 6.12. The number of rotatable bonds is 5. The summed E-state index contributed by atoms with van der Waals surface area (Å²) in [6.07, 6.45) is 2.95. The van der Waals surface area contributed by atoms with E-state index < -0.39 is 5.41 Å². The fraction of sp³-hybridized carbons (Fsp3) is 0.462. The van der Waals surface area contributed by atoms with Gasteiger partial charge in [0.1, 0.15) is 12.8 Å². The van der Waals surface area contributed by atoms with E-state index >= 15 is 0 Å². The van der Waals surface area contributed by atoms with Crippen LogP contribution in [0.5, 0.6) is 0 Å². The minimum absolute atomic E-state index is 0.0466. The smallest absolute Gasteiger partial charge is 0.245 e. The monoisotopic (exact) mass is 265 g/mol. The molecular formula is C13H19N3O3. The maximum absolute atomic E-state index is 12.2. The molecule has 1 rings (SSSR count). The van der Waals surface area contributed by atoms with Crippen LogP contribution in [0.25, 0.3) is 0 Å². The first-order valence-electron chi connectivity index (χ1n) is 5.95. The first-order valence-corrected chi connectivity index (χ1v) is 5.95. The minimum atomic E-state index is -0.544. The van der Waals surface area contributed by atoms with Gasteiger partial charge in [-0.05, 0) is 0 Å². The Bertz CT molecular complexity index is 446. The summed E-state index contributed by atoms with van der Waals surface area (Å²) < 4.78 is 4.61. The summed E-state index contributed by atoms with van der Waals surface area (Å²) in [6, 6.07) is 1.53. The predicted octanol–water partition coefficient (Wildman–Crippen LogP) is 1.67. The largest absolute Gasteiger partial charge is 0.363 e. The maximum atomic E-state index is 12.2. The van der Waals surface area contributed by atoms with Crippen molar-refractivity contribution < 1.29 is 14.1 Å². The number of amides is 2. The maximum Gasteiger partial charge on any atom is 0.245 e. The zero-order chi connectivity index (χ0) is 14.5. The molecule has 1 N–H and O–H groups in total. The fourth-order valence-corrected chi connectivity index (χ4v) is 1.48. The van der Waals surface area contributed by atoms with Crippen LogP contribution in [0.15, 0.2) is 29.5 Å². The topological polar surface area (TPSA) is 75.4 Å². The Balaban J connectivity index is 2.65. The Kier molecular flexibility index (Phi) is 4.86. The van der Waals surface area contributed by atoms with E-state index in [-0.39, 0.29) is 18.4 Å². The van der Waals surface area contributed by atoms with Crippen LogP contribution in [0.1, 0.15) is 20.8 Å². The average molecular weight is 265 g/mol. The molecule has 0 saturated heterocycles. The summed E-state index contributed by atoms with van der Waals surface area (Å²) in [5.74, 6) is -0.109. The molecule has 1 heterocycles. The molecule has 0 fully saturated rings. The van der Waals surface area contributed by atoms with Crippen molar-refractivity contribution in [2.75, 3.05) is 18.4 Å². The van der Waals surface area contributed by atoms with Crippen LogP contribution in [0.4, 0.5) is 5.82 Å². The van der Waals surface area contributed by atoms with E-state index in [1.807, 2.05) is 0 Å². The normalized spacial score (nSPS) is 10.9. The quantitative estimate of drug-likeness (QED) is 0.822. The van der Waals surface area contributed by atoms with Crippen molar-refractivity contribution in [3.8, 4) is 0 Å². The summed E-state index contributed by atoms with van der Waals surface area (Å²) in [7, 11) is 0. The molecule has 1 aromatic rings. The molecular weight excluding hydrogens is 246 g/mol. The number of hydrogen-bond donors (Lipinski definition) is 1. The lowest BCUT2D eigenvalue weighted by atomic mass is 9.94. The second-order valence-corrected chi connectivity index (χ2v) is 5.16. The fourth-order valence-electron chi connectivity index (χ4n) is 1.48. The Morgan fingerprint density at radius 3 is 2.68 bits per heavy atom. The van der Waals surface area contributed by atoms with Crippen LogP contribution < -0.4 is 5.32 Å². The molecule has 104 valence electrons. The summed E-state index contributed by atoms with van der Waals surface area (Å²) in [4.78, 5) is 25.4. The average Bonchev–Trinajstić information content (AvgIpc) is 2.79. The molecule has 1 aromatic heterocycles. The van der Waals surface area contributed by atoms with Crippen molar-refractivity contribution in [3.63, 3.8) is 0 Å². The Morgan fingerprint density at radius 1 is 1.53 bits per heavy atom. The Labute approximate surface area is 112 Å². The van der Waals surface area contributed by atoms with Crippen molar-refractivity contribution in [1.82, 2.24) is 10.1 Å². The first-order chi connectivity index (χ1) is 8.84. The van der Waals surface area contributed by atoms with Gasteiger partial charge in [-0.1, -0.05) is 32.0 Å². The molecule has 6 nitrogen and oxygen atoms in total. The molecule has 2 amide bonds. The first kappa shape index (κ1) is 14.9.